The Morgan fingerprint density at radius 3 is 2.52 bits per heavy atom. The van der Waals surface area contributed by atoms with Gasteiger partial charge in [0.05, 0.1) is 18.8 Å². The minimum absolute atomic E-state index is 0.284. The highest BCUT2D eigenvalue weighted by atomic mass is 19.1. The van der Waals surface area contributed by atoms with Crippen LogP contribution < -0.4 is 4.74 Å². The first-order chi connectivity index (χ1) is 10.2. The summed E-state index contributed by atoms with van der Waals surface area (Å²) < 4.78 is 19.1. The quantitative estimate of drug-likeness (QED) is 0.902. The molecule has 1 aromatic rings. The summed E-state index contributed by atoms with van der Waals surface area (Å²) in [6.45, 7) is 2.97. The molecule has 1 saturated heterocycles. The van der Waals surface area contributed by atoms with Gasteiger partial charge in [0.15, 0.2) is 0 Å². The number of aliphatic hydroxyl groups excluding tert-OH is 1. The molecular formula is C17H26FNO2. The van der Waals surface area contributed by atoms with Gasteiger partial charge in [-0.15, -0.1) is 0 Å². The van der Waals surface area contributed by atoms with Crippen LogP contribution in [0.2, 0.25) is 0 Å². The summed E-state index contributed by atoms with van der Waals surface area (Å²) in [5.74, 6) is 0.0321. The molecule has 1 aromatic carbocycles. The average molecular weight is 295 g/mol. The maximum Gasteiger partial charge on any atom is 0.132 e. The lowest BCUT2D eigenvalue weighted by Crippen LogP contribution is -2.29. The number of halogens is 1. The van der Waals surface area contributed by atoms with Crippen LogP contribution in [0.5, 0.6) is 5.75 Å². The minimum Gasteiger partial charge on any atom is -0.496 e. The first-order valence-corrected chi connectivity index (χ1v) is 7.95. The molecule has 1 N–H and O–H groups in total. The van der Waals surface area contributed by atoms with Crippen molar-refractivity contribution in [1.82, 2.24) is 4.90 Å². The van der Waals surface area contributed by atoms with Crippen molar-refractivity contribution in [2.75, 3.05) is 26.7 Å². The normalized spacial score (nSPS) is 18.8. The Morgan fingerprint density at radius 2 is 1.86 bits per heavy atom. The third-order valence-electron chi connectivity index (χ3n) is 4.23. The second-order valence-electron chi connectivity index (χ2n) is 5.77. The molecule has 0 saturated carbocycles. The summed E-state index contributed by atoms with van der Waals surface area (Å²) in [7, 11) is 1.50. The van der Waals surface area contributed by atoms with Crippen LogP contribution in [0, 0.1) is 5.82 Å². The lowest BCUT2D eigenvalue weighted by Gasteiger charge is -2.26. The van der Waals surface area contributed by atoms with E-state index in [9.17, 15) is 9.50 Å². The van der Waals surface area contributed by atoms with Crippen LogP contribution >= 0.6 is 0 Å². The SMILES string of the molecule is COc1cccc(F)c1C(O)CCN1CCCCCCC1. The van der Waals surface area contributed by atoms with Gasteiger partial charge in [-0.2, -0.15) is 0 Å². The van der Waals surface area contributed by atoms with E-state index in [1.807, 2.05) is 0 Å². The van der Waals surface area contributed by atoms with Crippen LogP contribution in [-0.4, -0.2) is 36.8 Å². The first-order valence-electron chi connectivity index (χ1n) is 7.95. The van der Waals surface area contributed by atoms with E-state index in [0.717, 1.165) is 19.6 Å². The van der Waals surface area contributed by atoms with Crippen molar-refractivity contribution in [3.8, 4) is 5.75 Å². The fourth-order valence-corrected chi connectivity index (χ4v) is 3.00. The van der Waals surface area contributed by atoms with Crippen molar-refractivity contribution < 1.29 is 14.2 Å². The number of methoxy groups -OCH3 is 1. The number of rotatable bonds is 5. The molecule has 1 fully saturated rings. The van der Waals surface area contributed by atoms with Crippen molar-refractivity contribution in [3.05, 3.63) is 29.6 Å². The smallest absolute Gasteiger partial charge is 0.132 e. The molecule has 3 nitrogen and oxygen atoms in total. The van der Waals surface area contributed by atoms with E-state index in [-0.39, 0.29) is 5.56 Å². The molecule has 1 atom stereocenters. The van der Waals surface area contributed by atoms with E-state index >= 15 is 0 Å². The maximum atomic E-state index is 13.9. The molecule has 118 valence electrons. The average Bonchev–Trinajstić information content (AvgIpc) is 2.45. The molecule has 0 aliphatic carbocycles. The van der Waals surface area contributed by atoms with E-state index in [4.69, 9.17) is 4.74 Å². The van der Waals surface area contributed by atoms with Crippen LogP contribution in [0.3, 0.4) is 0 Å². The van der Waals surface area contributed by atoms with Crippen LogP contribution in [0.1, 0.15) is 50.2 Å². The number of hydrogen-bond donors (Lipinski definition) is 1. The van der Waals surface area contributed by atoms with Crippen molar-refractivity contribution in [1.29, 1.82) is 0 Å². The lowest BCUT2D eigenvalue weighted by atomic mass is 10.0. The molecule has 1 heterocycles. The topological polar surface area (TPSA) is 32.7 Å². The highest BCUT2D eigenvalue weighted by molar-refractivity contribution is 5.36. The van der Waals surface area contributed by atoms with Crippen LogP contribution in [0.25, 0.3) is 0 Å². The minimum atomic E-state index is -0.813. The molecule has 1 aliphatic rings. The molecule has 2 rings (SSSR count). The molecule has 21 heavy (non-hydrogen) atoms. The predicted octanol–water partition coefficient (Wildman–Crippen LogP) is 3.52. The molecule has 0 spiro atoms. The van der Waals surface area contributed by atoms with Gasteiger partial charge in [0.1, 0.15) is 11.6 Å². The predicted molar refractivity (Wildman–Crippen MR) is 82.1 cm³/mol. The van der Waals surface area contributed by atoms with Crippen molar-refractivity contribution >= 4 is 0 Å². The van der Waals surface area contributed by atoms with Crippen LogP contribution in [-0.2, 0) is 0 Å². The van der Waals surface area contributed by atoms with Gasteiger partial charge in [-0.25, -0.2) is 4.39 Å². The summed E-state index contributed by atoms with van der Waals surface area (Å²) >= 11 is 0. The van der Waals surface area contributed by atoms with Crippen LogP contribution in [0.15, 0.2) is 18.2 Å². The molecule has 0 amide bonds. The maximum absolute atomic E-state index is 13.9. The molecule has 0 aromatic heterocycles. The molecule has 4 heteroatoms. The van der Waals surface area contributed by atoms with E-state index in [2.05, 4.69) is 4.90 Å². The molecular weight excluding hydrogens is 269 g/mol. The van der Waals surface area contributed by atoms with Gasteiger partial charge in [-0.1, -0.05) is 25.3 Å². The fourth-order valence-electron chi connectivity index (χ4n) is 3.00. The zero-order chi connectivity index (χ0) is 15.1. The first kappa shape index (κ1) is 16.2. The Bertz CT molecular complexity index is 431. The monoisotopic (exact) mass is 295 g/mol. The highest BCUT2D eigenvalue weighted by Crippen LogP contribution is 2.30. The third kappa shape index (κ3) is 4.68. The van der Waals surface area contributed by atoms with Gasteiger partial charge in [-0.05, 0) is 44.5 Å². The number of aliphatic hydroxyl groups is 1. The third-order valence-corrected chi connectivity index (χ3v) is 4.23. The van der Waals surface area contributed by atoms with Crippen molar-refractivity contribution in [3.63, 3.8) is 0 Å². The summed E-state index contributed by atoms with van der Waals surface area (Å²) in [6, 6.07) is 4.66. The number of likely N-dealkylation sites (tertiary alicyclic amines) is 1. The standard InChI is InChI=1S/C17H26FNO2/c1-21-16-9-7-8-14(18)17(16)15(20)10-13-19-11-5-3-2-4-6-12-19/h7-9,15,20H,2-6,10-13H2,1H3. The zero-order valence-corrected chi connectivity index (χ0v) is 12.9. The molecule has 0 radical (unpaired) electrons. The molecule has 0 bridgehead atoms. The van der Waals surface area contributed by atoms with Crippen molar-refractivity contribution in [2.45, 2.75) is 44.6 Å². The molecule has 1 aliphatic heterocycles. The Balaban J connectivity index is 1.93. The van der Waals surface area contributed by atoms with E-state index in [0.29, 0.717) is 12.2 Å². The zero-order valence-electron chi connectivity index (χ0n) is 12.9. The number of ether oxygens (including phenoxy) is 1. The second-order valence-corrected chi connectivity index (χ2v) is 5.77. The Labute approximate surface area is 126 Å². The molecule has 1 unspecified atom stereocenters. The Morgan fingerprint density at radius 1 is 1.19 bits per heavy atom. The van der Waals surface area contributed by atoms with Crippen molar-refractivity contribution in [2.24, 2.45) is 0 Å². The van der Waals surface area contributed by atoms with Gasteiger partial charge in [0.25, 0.3) is 0 Å². The van der Waals surface area contributed by atoms with E-state index in [1.54, 1.807) is 12.1 Å². The summed E-state index contributed by atoms with van der Waals surface area (Å²) in [5, 5.41) is 10.3. The van der Waals surface area contributed by atoms with E-state index in [1.165, 1.54) is 45.3 Å². The van der Waals surface area contributed by atoms with Gasteiger partial charge < -0.3 is 14.7 Å². The van der Waals surface area contributed by atoms with Gasteiger partial charge in [-0.3, -0.25) is 0 Å². The largest absolute Gasteiger partial charge is 0.496 e. The number of benzene rings is 1. The van der Waals surface area contributed by atoms with Gasteiger partial charge >= 0.3 is 0 Å². The van der Waals surface area contributed by atoms with Gasteiger partial charge in [0.2, 0.25) is 0 Å². The second kappa shape index (κ2) is 8.35. The Hall–Kier alpha value is -1.13. The Kier molecular flexibility index (Phi) is 6.46. The van der Waals surface area contributed by atoms with Crippen LogP contribution in [0.4, 0.5) is 4.39 Å². The number of hydrogen-bond acceptors (Lipinski definition) is 3. The number of nitrogens with zero attached hydrogens (tertiary/aromatic N) is 1. The summed E-state index contributed by atoms with van der Waals surface area (Å²) in [5.41, 5.74) is 0.284. The van der Waals surface area contributed by atoms with E-state index < -0.39 is 11.9 Å². The highest BCUT2D eigenvalue weighted by Gasteiger charge is 2.19. The summed E-state index contributed by atoms with van der Waals surface area (Å²) in [4.78, 5) is 2.38. The lowest BCUT2D eigenvalue weighted by molar-refractivity contribution is 0.132. The van der Waals surface area contributed by atoms with Gasteiger partial charge in [0, 0.05) is 6.54 Å². The fraction of sp³-hybridized carbons (Fsp3) is 0.647. The summed E-state index contributed by atoms with van der Waals surface area (Å²) in [6.07, 6.45) is 6.09.